The molecule has 3 aromatic rings. The normalized spacial score (nSPS) is 10.4. The lowest BCUT2D eigenvalue weighted by Crippen LogP contribution is -2.29. The molecule has 3 rings (SSSR count). The van der Waals surface area contributed by atoms with Crippen LogP contribution in [-0.2, 0) is 0 Å². The standard InChI is InChI=1S/C18H18N4O2/c1-14-6-5-7-15(12-14)22-13-20-17(21-22)18(23)19-10-11-24-16-8-3-2-4-9-16/h2-9,12-13H,10-11H2,1H3,(H,19,23). The van der Waals surface area contributed by atoms with Crippen molar-refractivity contribution >= 4 is 5.91 Å². The molecule has 0 aliphatic rings. The average molecular weight is 322 g/mol. The van der Waals surface area contributed by atoms with Gasteiger partial charge in [0.05, 0.1) is 12.2 Å². The topological polar surface area (TPSA) is 69.0 Å². The SMILES string of the molecule is Cc1cccc(-n2cnc(C(=O)NCCOc3ccccc3)n2)c1. The van der Waals surface area contributed by atoms with Crippen molar-refractivity contribution in [2.24, 2.45) is 0 Å². The molecule has 0 saturated carbocycles. The van der Waals surface area contributed by atoms with Gasteiger partial charge in [0.25, 0.3) is 5.91 Å². The summed E-state index contributed by atoms with van der Waals surface area (Å²) in [6.07, 6.45) is 1.53. The highest BCUT2D eigenvalue weighted by atomic mass is 16.5. The number of benzene rings is 2. The quantitative estimate of drug-likeness (QED) is 0.708. The highest BCUT2D eigenvalue weighted by Gasteiger charge is 2.11. The molecule has 24 heavy (non-hydrogen) atoms. The Kier molecular flexibility index (Phi) is 4.86. The maximum atomic E-state index is 12.1. The highest BCUT2D eigenvalue weighted by Crippen LogP contribution is 2.09. The number of carbonyl (C=O) groups excluding carboxylic acids is 1. The lowest BCUT2D eigenvalue weighted by atomic mass is 10.2. The van der Waals surface area contributed by atoms with E-state index in [1.54, 1.807) is 4.68 Å². The van der Waals surface area contributed by atoms with Crippen LogP contribution in [0.5, 0.6) is 5.75 Å². The maximum Gasteiger partial charge on any atom is 0.291 e. The summed E-state index contributed by atoms with van der Waals surface area (Å²) in [5, 5.41) is 6.95. The van der Waals surface area contributed by atoms with E-state index in [2.05, 4.69) is 15.4 Å². The second kappa shape index (κ2) is 7.41. The van der Waals surface area contributed by atoms with Crippen molar-refractivity contribution in [1.82, 2.24) is 20.1 Å². The van der Waals surface area contributed by atoms with Crippen LogP contribution in [-0.4, -0.2) is 33.8 Å². The number of ether oxygens (including phenoxy) is 1. The van der Waals surface area contributed by atoms with Crippen LogP contribution in [0.15, 0.2) is 60.9 Å². The molecule has 0 saturated heterocycles. The van der Waals surface area contributed by atoms with Crippen LogP contribution in [0.1, 0.15) is 16.2 Å². The van der Waals surface area contributed by atoms with Gasteiger partial charge in [0.2, 0.25) is 5.82 Å². The van der Waals surface area contributed by atoms with E-state index in [4.69, 9.17) is 4.74 Å². The zero-order chi connectivity index (χ0) is 16.8. The first-order valence-electron chi connectivity index (χ1n) is 7.67. The van der Waals surface area contributed by atoms with E-state index in [-0.39, 0.29) is 11.7 Å². The van der Waals surface area contributed by atoms with E-state index in [1.807, 2.05) is 61.5 Å². The molecule has 6 heteroatoms. The predicted octanol–water partition coefficient (Wildman–Crippen LogP) is 2.38. The first-order chi connectivity index (χ1) is 11.7. The number of amides is 1. The van der Waals surface area contributed by atoms with Gasteiger partial charge in [-0.15, -0.1) is 5.10 Å². The number of aromatic nitrogens is 3. The number of nitrogens with one attached hydrogen (secondary N) is 1. The monoisotopic (exact) mass is 322 g/mol. The number of carbonyl (C=O) groups is 1. The van der Waals surface area contributed by atoms with Gasteiger partial charge in [-0.25, -0.2) is 9.67 Å². The van der Waals surface area contributed by atoms with Crippen molar-refractivity contribution in [1.29, 1.82) is 0 Å². The van der Waals surface area contributed by atoms with Crippen molar-refractivity contribution < 1.29 is 9.53 Å². The number of rotatable bonds is 6. The Morgan fingerprint density at radius 3 is 2.79 bits per heavy atom. The summed E-state index contributed by atoms with van der Waals surface area (Å²) in [7, 11) is 0. The molecular formula is C18H18N4O2. The Morgan fingerprint density at radius 1 is 1.17 bits per heavy atom. The van der Waals surface area contributed by atoms with Gasteiger partial charge in [-0.2, -0.15) is 0 Å². The third-order valence-electron chi connectivity index (χ3n) is 3.36. The Hall–Kier alpha value is -3.15. The van der Waals surface area contributed by atoms with Crippen molar-refractivity contribution in [3.8, 4) is 11.4 Å². The maximum absolute atomic E-state index is 12.1. The fraction of sp³-hybridized carbons (Fsp3) is 0.167. The zero-order valence-electron chi connectivity index (χ0n) is 13.3. The molecule has 1 N–H and O–H groups in total. The lowest BCUT2D eigenvalue weighted by Gasteiger charge is -2.06. The lowest BCUT2D eigenvalue weighted by molar-refractivity contribution is 0.0936. The summed E-state index contributed by atoms with van der Waals surface area (Å²) in [5.41, 5.74) is 1.99. The van der Waals surface area contributed by atoms with E-state index in [1.165, 1.54) is 6.33 Å². The Balaban J connectivity index is 1.52. The molecule has 122 valence electrons. The van der Waals surface area contributed by atoms with Crippen LogP contribution in [0.2, 0.25) is 0 Å². The molecule has 0 spiro atoms. The largest absolute Gasteiger partial charge is 0.492 e. The highest BCUT2D eigenvalue weighted by molar-refractivity contribution is 5.90. The molecule has 0 aliphatic carbocycles. The molecule has 0 bridgehead atoms. The van der Waals surface area contributed by atoms with Gasteiger partial charge in [0.15, 0.2) is 0 Å². The Labute approximate surface area is 140 Å². The summed E-state index contributed by atoms with van der Waals surface area (Å²) in [5.74, 6) is 0.586. The van der Waals surface area contributed by atoms with Crippen LogP contribution >= 0.6 is 0 Å². The van der Waals surface area contributed by atoms with Crippen LogP contribution in [0, 0.1) is 6.92 Å². The molecule has 2 aromatic carbocycles. The number of hydrogen-bond donors (Lipinski definition) is 1. The number of nitrogens with zero attached hydrogens (tertiary/aromatic N) is 3. The summed E-state index contributed by atoms with van der Waals surface area (Å²) in [4.78, 5) is 16.1. The van der Waals surface area contributed by atoms with E-state index in [0.717, 1.165) is 17.0 Å². The van der Waals surface area contributed by atoms with Crippen molar-refractivity contribution in [2.75, 3.05) is 13.2 Å². The third kappa shape index (κ3) is 3.98. The molecule has 1 amide bonds. The summed E-state index contributed by atoms with van der Waals surface area (Å²) < 4.78 is 7.10. The number of aryl methyl sites for hydroxylation is 1. The molecule has 1 heterocycles. The van der Waals surface area contributed by atoms with Gasteiger partial charge < -0.3 is 10.1 Å². The molecule has 0 unspecified atom stereocenters. The molecule has 0 radical (unpaired) electrons. The van der Waals surface area contributed by atoms with Crippen LogP contribution in [0.4, 0.5) is 0 Å². The molecular weight excluding hydrogens is 304 g/mol. The van der Waals surface area contributed by atoms with E-state index in [9.17, 15) is 4.79 Å². The van der Waals surface area contributed by atoms with Crippen molar-refractivity contribution in [3.63, 3.8) is 0 Å². The zero-order valence-corrected chi connectivity index (χ0v) is 13.3. The second-order valence-electron chi connectivity index (χ2n) is 5.27. The molecule has 0 fully saturated rings. The smallest absolute Gasteiger partial charge is 0.291 e. The van der Waals surface area contributed by atoms with Crippen LogP contribution in [0.25, 0.3) is 5.69 Å². The van der Waals surface area contributed by atoms with Gasteiger partial charge in [-0.3, -0.25) is 4.79 Å². The summed E-state index contributed by atoms with van der Waals surface area (Å²) >= 11 is 0. The molecule has 1 aromatic heterocycles. The Bertz CT molecular complexity index is 815. The van der Waals surface area contributed by atoms with Gasteiger partial charge in [-0.1, -0.05) is 30.3 Å². The van der Waals surface area contributed by atoms with Gasteiger partial charge in [0.1, 0.15) is 18.7 Å². The van der Waals surface area contributed by atoms with Gasteiger partial charge in [-0.05, 0) is 36.8 Å². The first kappa shape index (κ1) is 15.7. The average Bonchev–Trinajstić information content (AvgIpc) is 3.10. The van der Waals surface area contributed by atoms with E-state index in [0.29, 0.717) is 13.2 Å². The minimum absolute atomic E-state index is 0.135. The minimum atomic E-state index is -0.321. The van der Waals surface area contributed by atoms with Crippen molar-refractivity contribution in [2.45, 2.75) is 6.92 Å². The fourth-order valence-corrected chi connectivity index (χ4v) is 2.19. The van der Waals surface area contributed by atoms with Gasteiger partial charge in [0, 0.05) is 0 Å². The van der Waals surface area contributed by atoms with E-state index < -0.39 is 0 Å². The van der Waals surface area contributed by atoms with E-state index >= 15 is 0 Å². The number of hydrogen-bond acceptors (Lipinski definition) is 4. The minimum Gasteiger partial charge on any atom is -0.492 e. The molecule has 0 aliphatic heterocycles. The summed E-state index contributed by atoms with van der Waals surface area (Å²) in [6, 6.07) is 17.3. The fourth-order valence-electron chi connectivity index (χ4n) is 2.19. The Morgan fingerprint density at radius 2 is 2.00 bits per heavy atom. The second-order valence-corrected chi connectivity index (χ2v) is 5.27. The first-order valence-corrected chi connectivity index (χ1v) is 7.67. The summed E-state index contributed by atoms with van der Waals surface area (Å²) in [6.45, 7) is 2.77. The third-order valence-corrected chi connectivity index (χ3v) is 3.36. The van der Waals surface area contributed by atoms with Crippen LogP contribution < -0.4 is 10.1 Å². The molecule has 0 atom stereocenters. The molecule has 6 nitrogen and oxygen atoms in total. The number of para-hydroxylation sites is 1. The van der Waals surface area contributed by atoms with Crippen molar-refractivity contribution in [3.05, 3.63) is 72.3 Å². The van der Waals surface area contributed by atoms with Gasteiger partial charge >= 0.3 is 0 Å². The van der Waals surface area contributed by atoms with Crippen LogP contribution in [0.3, 0.4) is 0 Å². The predicted molar refractivity (Wildman–Crippen MR) is 90.4 cm³/mol.